The van der Waals surface area contributed by atoms with Crippen LogP contribution in [0.2, 0.25) is 0 Å². The van der Waals surface area contributed by atoms with Gasteiger partial charge in [-0.2, -0.15) is 13.2 Å². The molecule has 0 aliphatic rings. The normalized spacial score (nSPS) is 11.4. The molecule has 0 aromatic carbocycles. The van der Waals surface area contributed by atoms with Gasteiger partial charge in [0.15, 0.2) is 5.69 Å². The standard InChI is InChI=1S/C7H5F3N2O2/c8-7(9,10)6-4(3-5(13)14)11-1-2-12-6/h1-2H,3H2,(H,13,14). The van der Waals surface area contributed by atoms with Crippen LogP contribution in [0.4, 0.5) is 13.2 Å². The Morgan fingerprint density at radius 3 is 2.43 bits per heavy atom. The second-order valence-corrected chi connectivity index (χ2v) is 2.42. The van der Waals surface area contributed by atoms with Crippen LogP contribution >= 0.6 is 0 Å². The first kappa shape index (κ1) is 10.4. The van der Waals surface area contributed by atoms with Crippen LogP contribution in [0.25, 0.3) is 0 Å². The van der Waals surface area contributed by atoms with Crippen LogP contribution in [0.5, 0.6) is 0 Å². The Hall–Kier alpha value is -1.66. The number of rotatable bonds is 2. The molecule has 0 fully saturated rings. The molecule has 76 valence electrons. The molecule has 0 unspecified atom stereocenters. The first-order valence-corrected chi connectivity index (χ1v) is 3.50. The molecule has 14 heavy (non-hydrogen) atoms. The van der Waals surface area contributed by atoms with Crippen molar-refractivity contribution in [1.82, 2.24) is 9.97 Å². The highest BCUT2D eigenvalue weighted by molar-refractivity contribution is 5.69. The maximum atomic E-state index is 12.2. The zero-order chi connectivity index (χ0) is 10.8. The molecule has 0 aliphatic heterocycles. The van der Waals surface area contributed by atoms with Gasteiger partial charge in [0, 0.05) is 12.4 Å². The lowest BCUT2D eigenvalue weighted by molar-refractivity contribution is -0.143. The van der Waals surface area contributed by atoms with Gasteiger partial charge in [-0.15, -0.1) is 0 Å². The van der Waals surface area contributed by atoms with E-state index in [2.05, 4.69) is 9.97 Å². The molecular formula is C7H5F3N2O2. The van der Waals surface area contributed by atoms with E-state index in [0.717, 1.165) is 12.4 Å². The zero-order valence-electron chi connectivity index (χ0n) is 6.75. The van der Waals surface area contributed by atoms with Crippen molar-refractivity contribution >= 4 is 5.97 Å². The van der Waals surface area contributed by atoms with Gasteiger partial charge in [-0.05, 0) is 0 Å². The predicted octanol–water partition coefficient (Wildman–Crippen LogP) is 1.12. The van der Waals surface area contributed by atoms with Gasteiger partial charge in [0.1, 0.15) is 0 Å². The minimum absolute atomic E-state index is 0.576. The number of carboxylic acids is 1. The van der Waals surface area contributed by atoms with Crippen LogP contribution in [0, 0.1) is 0 Å². The zero-order valence-corrected chi connectivity index (χ0v) is 6.75. The molecule has 0 saturated heterocycles. The van der Waals surface area contributed by atoms with Crippen molar-refractivity contribution in [1.29, 1.82) is 0 Å². The summed E-state index contributed by atoms with van der Waals surface area (Å²) in [5.74, 6) is -1.38. The monoisotopic (exact) mass is 206 g/mol. The fourth-order valence-electron chi connectivity index (χ4n) is 0.876. The Morgan fingerprint density at radius 1 is 1.36 bits per heavy atom. The highest BCUT2D eigenvalue weighted by Crippen LogP contribution is 2.29. The number of halogens is 3. The maximum Gasteiger partial charge on any atom is 0.435 e. The van der Waals surface area contributed by atoms with Gasteiger partial charge in [-0.1, -0.05) is 0 Å². The van der Waals surface area contributed by atoms with Gasteiger partial charge < -0.3 is 5.11 Å². The summed E-state index contributed by atoms with van der Waals surface area (Å²) in [5, 5.41) is 8.32. The summed E-state index contributed by atoms with van der Waals surface area (Å²) < 4.78 is 36.6. The van der Waals surface area contributed by atoms with Crippen LogP contribution in [-0.4, -0.2) is 21.0 Å². The molecule has 0 bridgehead atoms. The Morgan fingerprint density at radius 2 is 1.93 bits per heavy atom. The van der Waals surface area contributed by atoms with E-state index in [1.165, 1.54) is 0 Å². The highest BCUT2D eigenvalue weighted by atomic mass is 19.4. The van der Waals surface area contributed by atoms with Crippen molar-refractivity contribution in [2.75, 3.05) is 0 Å². The van der Waals surface area contributed by atoms with Crippen LogP contribution in [0.1, 0.15) is 11.4 Å². The lowest BCUT2D eigenvalue weighted by Gasteiger charge is -2.08. The molecule has 4 nitrogen and oxygen atoms in total. The lowest BCUT2D eigenvalue weighted by Crippen LogP contribution is -2.15. The van der Waals surface area contributed by atoms with E-state index in [1.807, 2.05) is 0 Å². The second kappa shape index (κ2) is 3.60. The lowest BCUT2D eigenvalue weighted by atomic mass is 10.2. The number of carboxylic acid groups (broad SMARTS) is 1. The number of carbonyl (C=O) groups is 1. The number of aromatic nitrogens is 2. The Labute approximate surface area is 76.4 Å². The van der Waals surface area contributed by atoms with E-state index in [4.69, 9.17) is 5.11 Å². The van der Waals surface area contributed by atoms with Gasteiger partial charge in [0.05, 0.1) is 12.1 Å². The molecule has 0 saturated carbocycles. The molecule has 1 rings (SSSR count). The van der Waals surface area contributed by atoms with Crippen LogP contribution in [-0.2, 0) is 17.4 Å². The van der Waals surface area contributed by atoms with Crippen molar-refractivity contribution in [3.05, 3.63) is 23.8 Å². The smallest absolute Gasteiger partial charge is 0.435 e. The molecular weight excluding hydrogens is 201 g/mol. The van der Waals surface area contributed by atoms with E-state index in [-0.39, 0.29) is 0 Å². The fraction of sp³-hybridized carbons (Fsp3) is 0.286. The second-order valence-electron chi connectivity index (χ2n) is 2.42. The van der Waals surface area contributed by atoms with Gasteiger partial charge in [0.25, 0.3) is 0 Å². The summed E-state index contributed by atoms with van der Waals surface area (Å²) >= 11 is 0. The quantitative estimate of drug-likeness (QED) is 0.787. The first-order chi connectivity index (χ1) is 6.41. The van der Waals surface area contributed by atoms with Crippen molar-refractivity contribution in [2.24, 2.45) is 0 Å². The summed E-state index contributed by atoms with van der Waals surface area (Å²) in [6.45, 7) is 0. The van der Waals surface area contributed by atoms with Gasteiger partial charge in [0.2, 0.25) is 0 Å². The number of aliphatic carboxylic acids is 1. The third-order valence-electron chi connectivity index (χ3n) is 1.36. The van der Waals surface area contributed by atoms with Crippen molar-refractivity contribution in [3.63, 3.8) is 0 Å². The maximum absolute atomic E-state index is 12.2. The van der Waals surface area contributed by atoms with Crippen molar-refractivity contribution in [2.45, 2.75) is 12.6 Å². The Kier molecular flexibility index (Phi) is 2.68. The van der Waals surface area contributed by atoms with E-state index in [0.29, 0.717) is 0 Å². The van der Waals surface area contributed by atoms with Gasteiger partial charge >= 0.3 is 12.1 Å². The minimum atomic E-state index is -4.67. The molecule has 0 aliphatic carbocycles. The largest absolute Gasteiger partial charge is 0.481 e. The molecule has 1 heterocycles. The molecule has 7 heteroatoms. The first-order valence-electron chi connectivity index (χ1n) is 3.50. The Balaban J connectivity index is 3.10. The molecule has 0 radical (unpaired) electrons. The summed E-state index contributed by atoms with van der Waals surface area (Å²) in [5.41, 5.74) is -1.82. The third-order valence-corrected chi connectivity index (χ3v) is 1.36. The third kappa shape index (κ3) is 2.41. The molecule has 0 amide bonds. The highest BCUT2D eigenvalue weighted by Gasteiger charge is 2.36. The summed E-state index contributed by atoms with van der Waals surface area (Å²) in [6.07, 6.45) is -3.57. The van der Waals surface area contributed by atoms with E-state index >= 15 is 0 Å². The molecule has 0 spiro atoms. The van der Waals surface area contributed by atoms with Crippen molar-refractivity contribution < 1.29 is 23.1 Å². The van der Waals surface area contributed by atoms with Crippen LogP contribution < -0.4 is 0 Å². The fourth-order valence-corrected chi connectivity index (χ4v) is 0.876. The average Bonchev–Trinajstić information content (AvgIpc) is 2.01. The summed E-state index contributed by atoms with van der Waals surface area (Å²) in [4.78, 5) is 16.6. The number of nitrogens with zero attached hydrogens (tertiary/aromatic N) is 2. The number of hydrogen-bond acceptors (Lipinski definition) is 3. The minimum Gasteiger partial charge on any atom is -0.481 e. The van der Waals surface area contributed by atoms with Gasteiger partial charge in [-0.3, -0.25) is 9.78 Å². The number of hydrogen-bond donors (Lipinski definition) is 1. The molecule has 1 N–H and O–H groups in total. The topological polar surface area (TPSA) is 63.1 Å². The van der Waals surface area contributed by atoms with E-state index in [9.17, 15) is 18.0 Å². The Bertz CT molecular complexity index is 351. The average molecular weight is 206 g/mol. The summed E-state index contributed by atoms with van der Waals surface area (Å²) in [6, 6.07) is 0. The molecule has 1 aromatic heterocycles. The van der Waals surface area contributed by atoms with E-state index < -0.39 is 30.0 Å². The van der Waals surface area contributed by atoms with Gasteiger partial charge in [-0.25, -0.2) is 4.98 Å². The number of alkyl halides is 3. The van der Waals surface area contributed by atoms with E-state index in [1.54, 1.807) is 0 Å². The van der Waals surface area contributed by atoms with Crippen LogP contribution in [0.3, 0.4) is 0 Å². The summed E-state index contributed by atoms with van der Waals surface area (Å²) in [7, 11) is 0. The van der Waals surface area contributed by atoms with Crippen LogP contribution in [0.15, 0.2) is 12.4 Å². The SMILES string of the molecule is O=C(O)Cc1nccnc1C(F)(F)F. The molecule has 0 atom stereocenters. The molecule has 1 aromatic rings. The predicted molar refractivity (Wildman–Crippen MR) is 38.4 cm³/mol. The van der Waals surface area contributed by atoms with Crippen molar-refractivity contribution in [3.8, 4) is 0 Å².